The third kappa shape index (κ3) is 7.98. The minimum Gasteiger partial charge on any atom is -0.381 e. The average Bonchev–Trinajstić information content (AvgIpc) is 3.23. The molecule has 1 unspecified atom stereocenters. The van der Waals surface area contributed by atoms with E-state index in [0.29, 0.717) is 0 Å². The highest BCUT2D eigenvalue weighted by Gasteiger charge is 2.18. The first-order valence-corrected chi connectivity index (χ1v) is 18.9. The Labute approximate surface area is 311 Å². The van der Waals surface area contributed by atoms with Gasteiger partial charge < -0.3 is 10.6 Å². The van der Waals surface area contributed by atoms with E-state index in [4.69, 9.17) is 0 Å². The van der Waals surface area contributed by atoms with Crippen LogP contribution in [0.2, 0.25) is 0 Å². The van der Waals surface area contributed by atoms with Crippen LogP contribution in [0.1, 0.15) is 89.2 Å². The average molecular weight is 683 g/mol. The molecule has 0 fully saturated rings. The van der Waals surface area contributed by atoms with E-state index in [1.807, 2.05) is 27.7 Å². The van der Waals surface area contributed by atoms with Crippen molar-refractivity contribution in [3.8, 4) is 0 Å². The van der Waals surface area contributed by atoms with Gasteiger partial charge in [-0.3, -0.25) is 0 Å². The van der Waals surface area contributed by atoms with Gasteiger partial charge in [-0.15, -0.1) is 0 Å². The zero-order chi connectivity index (χ0) is 37.0. The number of hydrogen-bond donors (Lipinski definition) is 2. The summed E-state index contributed by atoms with van der Waals surface area (Å²) in [4.78, 5) is 0. The molecule has 0 aliphatic carbocycles. The molecule has 2 nitrogen and oxygen atoms in total. The van der Waals surface area contributed by atoms with Crippen LogP contribution >= 0.6 is 0 Å². The van der Waals surface area contributed by atoms with Gasteiger partial charge in [0.25, 0.3) is 0 Å². The monoisotopic (exact) mass is 682 g/mol. The molecule has 264 valence electrons. The number of rotatable bonds is 7. The number of allylic oxidation sites excluding steroid dienone is 10. The standard InChI is InChI=1S/C46H42N2.2C2H6/c1-5-7-16-31(3)34-26-35(28-36(27-34)45-23-14-15-24-47-45)32(4)25-33(6-2)37-17-8-13-22-42(37)46-29-43-40-20-11-9-18-38(40)39-19-10-12-21-41(39)44(43)30-48-46;2*1-2/h5-23,25-30,46-48H,24H2,1-4H3;2*1-2H3/b7-5-,31-16+,32-25+,33-6+;;. The molecule has 2 N–H and O–H groups in total. The second-order valence-corrected chi connectivity index (χ2v) is 12.6. The van der Waals surface area contributed by atoms with Crippen molar-refractivity contribution in [2.24, 2.45) is 0 Å². The van der Waals surface area contributed by atoms with Crippen molar-refractivity contribution in [3.05, 3.63) is 178 Å². The van der Waals surface area contributed by atoms with Gasteiger partial charge in [-0.1, -0.05) is 143 Å². The molecule has 0 spiro atoms. The third-order valence-electron chi connectivity index (χ3n) is 9.55. The molecule has 5 aromatic carbocycles. The topological polar surface area (TPSA) is 24.1 Å². The lowest BCUT2D eigenvalue weighted by Gasteiger charge is -2.22. The molecular formula is C50H54N2. The summed E-state index contributed by atoms with van der Waals surface area (Å²) >= 11 is 0. The Morgan fingerprint density at radius 3 is 1.96 bits per heavy atom. The quantitative estimate of drug-likeness (QED) is 0.132. The van der Waals surface area contributed by atoms with Crippen LogP contribution in [0.15, 0.2) is 140 Å². The lowest BCUT2D eigenvalue weighted by Crippen LogP contribution is -2.36. The van der Waals surface area contributed by atoms with Crippen LogP contribution in [-0.4, -0.2) is 6.54 Å². The van der Waals surface area contributed by atoms with E-state index in [9.17, 15) is 0 Å². The molecule has 5 aromatic rings. The highest BCUT2D eigenvalue weighted by Crippen LogP contribution is 2.32. The van der Waals surface area contributed by atoms with E-state index in [-0.39, 0.29) is 6.04 Å². The van der Waals surface area contributed by atoms with E-state index < -0.39 is 0 Å². The Bertz CT molecular complexity index is 2360. The number of nitrogens with one attached hydrogen (secondary N) is 2. The Morgan fingerprint density at radius 2 is 1.33 bits per heavy atom. The number of benzene rings is 5. The molecule has 2 aliphatic rings. The van der Waals surface area contributed by atoms with Crippen molar-refractivity contribution in [2.75, 3.05) is 6.54 Å². The lowest BCUT2D eigenvalue weighted by atomic mass is 9.89. The molecule has 0 saturated heterocycles. The fraction of sp³-hybridized carbons (Fsp3) is 0.200. The third-order valence-corrected chi connectivity index (χ3v) is 9.55. The summed E-state index contributed by atoms with van der Waals surface area (Å²) in [5, 5.41) is 15.0. The summed E-state index contributed by atoms with van der Waals surface area (Å²) in [5.74, 6) is 0. The highest BCUT2D eigenvalue weighted by molar-refractivity contribution is 6.08. The molecule has 0 amide bonds. The zero-order valence-electron chi connectivity index (χ0n) is 32.2. The maximum Gasteiger partial charge on any atom is 0.0708 e. The van der Waals surface area contributed by atoms with E-state index in [1.165, 1.54) is 76.5 Å². The van der Waals surface area contributed by atoms with Crippen LogP contribution in [0.25, 0.3) is 56.2 Å². The SMILES string of the molecule is C/C=C\C=C(/C)c1cc(C2=CC=CCN2)cc(/C(C)=C/C(=C\C)c2ccccc2C2C=c3c(c4ccccc4c4ccccc34)=CN2)c1.CC.CC. The summed E-state index contributed by atoms with van der Waals surface area (Å²) in [5.41, 5.74) is 11.0. The molecule has 0 aromatic heterocycles. The minimum absolute atomic E-state index is 0.0358. The lowest BCUT2D eigenvalue weighted by molar-refractivity contribution is 0.813. The zero-order valence-corrected chi connectivity index (χ0v) is 32.2. The molecule has 0 bridgehead atoms. The van der Waals surface area contributed by atoms with E-state index in [0.717, 1.165) is 12.2 Å². The van der Waals surface area contributed by atoms with Crippen LogP contribution in [0, 0.1) is 0 Å². The van der Waals surface area contributed by atoms with Crippen molar-refractivity contribution < 1.29 is 0 Å². The van der Waals surface area contributed by atoms with Gasteiger partial charge in [0.1, 0.15) is 0 Å². The Morgan fingerprint density at radius 1 is 0.712 bits per heavy atom. The smallest absolute Gasteiger partial charge is 0.0708 e. The molecule has 0 radical (unpaired) electrons. The number of hydrogen-bond acceptors (Lipinski definition) is 2. The molecule has 2 heterocycles. The predicted molar refractivity (Wildman–Crippen MR) is 232 cm³/mol. The van der Waals surface area contributed by atoms with Gasteiger partial charge in [0.15, 0.2) is 0 Å². The van der Waals surface area contributed by atoms with Gasteiger partial charge in [-0.25, -0.2) is 0 Å². The van der Waals surface area contributed by atoms with Gasteiger partial charge in [0.05, 0.1) is 6.04 Å². The molecular weight excluding hydrogens is 629 g/mol. The van der Waals surface area contributed by atoms with Crippen LogP contribution in [0.4, 0.5) is 0 Å². The fourth-order valence-corrected chi connectivity index (χ4v) is 7.00. The molecule has 2 aliphatic heterocycles. The van der Waals surface area contributed by atoms with E-state index in [1.54, 1.807) is 0 Å². The van der Waals surface area contributed by atoms with Gasteiger partial charge in [-0.05, 0) is 129 Å². The maximum absolute atomic E-state index is 3.77. The maximum atomic E-state index is 3.77. The van der Waals surface area contributed by atoms with Crippen molar-refractivity contribution >= 4 is 56.2 Å². The highest BCUT2D eigenvalue weighted by atomic mass is 14.9. The molecule has 52 heavy (non-hydrogen) atoms. The summed E-state index contributed by atoms with van der Waals surface area (Å²) in [6.45, 7) is 17.5. The summed E-state index contributed by atoms with van der Waals surface area (Å²) in [6, 6.07) is 33.3. The predicted octanol–water partition coefficient (Wildman–Crippen LogP) is 11.9. The summed E-state index contributed by atoms with van der Waals surface area (Å²) in [7, 11) is 0. The Balaban J connectivity index is 0.00000126. The normalized spacial score (nSPS) is 15.6. The molecule has 0 saturated carbocycles. The molecule has 2 heteroatoms. The number of dihydropyridines is 1. The van der Waals surface area contributed by atoms with Gasteiger partial charge in [-0.2, -0.15) is 0 Å². The Hall–Kier alpha value is -5.60. The van der Waals surface area contributed by atoms with Crippen molar-refractivity contribution in [3.63, 3.8) is 0 Å². The Kier molecular flexibility index (Phi) is 13.1. The van der Waals surface area contributed by atoms with Crippen LogP contribution < -0.4 is 21.1 Å². The molecule has 1 atom stereocenters. The minimum atomic E-state index is 0.0358. The van der Waals surface area contributed by atoms with Crippen molar-refractivity contribution in [1.82, 2.24) is 10.6 Å². The van der Waals surface area contributed by atoms with Gasteiger partial charge in [0.2, 0.25) is 0 Å². The summed E-state index contributed by atoms with van der Waals surface area (Å²) in [6.07, 6.45) is 22.0. The second kappa shape index (κ2) is 18.1. The first kappa shape index (κ1) is 37.7. The number of fused-ring (bicyclic) bond motifs is 6. The van der Waals surface area contributed by atoms with Crippen LogP contribution in [-0.2, 0) is 0 Å². The molecule has 7 rings (SSSR count). The van der Waals surface area contributed by atoms with E-state index in [2.05, 4.69) is 190 Å². The largest absolute Gasteiger partial charge is 0.381 e. The van der Waals surface area contributed by atoms with Crippen LogP contribution in [0.5, 0.6) is 0 Å². The second-order valence-electron chi connectivity index (χ2n) is 12.6. The van der Waals surface area contributed by atoms with Gasteiger partial charge >= 0.3 is 0 Å². The first-order valence-electron chi connectivity index (χ1n) is 18.9. The van der Waals surface area contributed by atoms with E-state index >= 15 is 0 Å². The van der Waals surface area contributed by atoms with Gasteiger partial charge in [0, 0.05) is 23.7 Å². The fourth-order valence-electron chi connectivity index (χ4n) is 7.00. The first-order chi connectivity index (χ1) is 25.6. The van der Waals surface area contributed by atoms with Crippen molar-refractivity contribution in [1.29, 1.82) is 0 Å². The van der Waals surface area contributed by atoms with Crippen LogP contribution in [0.3, 0.4) is 0 Å². The summed E-state index contributed by atoms with van der Waals surface area (Å²) < 4.78 is 0. The van der Waals surface area contributed by atoms with Crippen molar-refractivity contribution in [2.45, 2.75) is 61.4 Å².